The van der Waals surface area contributed by atoms with Crippen molar-refractivity contribution < 1.29 is 0 Å². The highest BCUT2D eigenvalue weighted by Crippen LogP contribution is 2.04. The SMILES string of the molecule is CCCN(C)C(CNC)(NC)N[SiH3]. The van der Waals surface area contributed by atoms with Gasteiger partial charge in [-0.3, -0.25) is 10.2 Å². The quantitative estimate of drug-likeness (QED) is 0.341. The molecule has 0 aliphatic rings. The third kappa shape index (κ3) is 3.36. The van der Waals surface area contributed by atoms with Crippen molar-refractivity contribution in [2.75, 3.05) is 34.2 Å². The fourth-order valence-electron chi connectivity index (χ4n) is 1.60. The lowest BCUT2D eigenvalue weighted by atomic mass is 10.3. The summed E-state index contributed by atoms with van der Waals surface area (Å²) in [5.41, 5.74) is 0. The zero-order valence-electron chi connectivity index (χ0n) is 9.57. The van der Waals surface area contributed by atoms with E-state index in [1.54, 1.807) is 0 Å². The standard InChI is InChI=1S/C8H24N4Si/c1-5-6-12(4)8(10-3,11-13)7-9-2/h9-11H,5-7H2,1-4,13H3. The van der Waals surface area contributed by atoms with Crippen LogP contribution in [0.3, 0.4) is 0 Å². The van der Waals surface area contributed by atoms with Gasteiger partial charge in [-0.15, -0.1) is 0 Å². The first-order valence-electron chi connectivity index (χ1n) is 4.90. The molecular weight excluding hydrogens is 180 g/mol. The molecule has 0 saturated heterocycles. The van der Waals surface area contributed by atoms with Gasteiger partial charge in [0, 0.05) is 13.1 Å². The lowest BCUT2D eigenvalue weighted by Crippen LogP contribution is -2.69. The molecule has 0 radical (unpaired) electrons. The predicted octanol–water partition coefficient (Wildman–Crippen LogP) is -1.71. The highest BCUT2D eigenvalue weighted by molar-refractivity contribution is 6.04. The Morgan fingerprint density at radius 3 is 2.31 bits per heavy atom. The Morgan fingerprint density at radius 2 is 2.00 bits per heavy atom. The third-order valence-corrected chi connectivity index (χ3v) is 3.30. The molecule has 0 fully saturated rings. The van der Waals surface area contributed by atoms with Crippen LogP contribution in [0, 0.1) is 0 Å². The van der Waals surface area contributed by atoms with Crippen molar-refractivity contribution in [2.45, 2.75) is 19.1 Å². The van der Waals surface area contributed by atoms with E-state index in [1.165, 1.54) is 6.42 Å². The highest BCUT2D eigenvalue weighted by atomic mass is 28.2. The van der Waals surface area contributed by atoms with Gasteiger partial charge in [-0.25, -0.2) is 0 Å². The number of nitrogens with zero attached hydrogens (tertiary/aromatic N) is 1. The van der Waals surface area contributed by atoms with E-state index < -0.39 is 0 Å². The molecule has 0 spiro atoms. The average Bonchev–Trinajstić information content (AvgIpc) is 2.14. The topological polar surface area (TPSA) is 39.3 Å². The summed E-state index contributed by atoms with van der Waals surface area (Å²) < 4.78 is 0. The molecule has 0 aromatic carbocycles. The molecule has 0 saturated carbocycles. The number of hydrogen-bond acceptors (Lipinski definition) is 4. The first-order valence-corrected chi connectivity index (χ1v) is 5.90. The summed E-state index contributed by atoms with van der Waals surface area (Å²) in [6, 6.07) is 0. The molecule has 80 valence electrons. The van der Waals surface area contributed by atoms with Gasteiger partial charge in [-0.2, -0.15) is 0 Å². The van der Waals surface area contributed by atoms with Crippen LogP contribution in [0.2, 0.25) is 0 Å². The Labute approximate surface area is 85.0 Å². The van der Waals surface area contributed by atoms with E-state index in [2.05, 4.69) is 34.5 Å². The second-order valence-electron chi connectivity index (χ2n) is 3.31. The highest BCUT2D eigenvalue weighted by Gasteiger charge is 2.28. The number of hydrogen-bond donors (Lipinski definition) is 3. The molecule has 0 aromatic rings. The van der Waals surface area contributed by atoms with Crippen LogP contribution in [0.4, 0.5) is 0 Å². The van der Waals surface area contributed by atoms with Crippen molar-refractivity contribution in [3.8, 4) is 0 Å². The first kappa shape index (κ1) is 13.1. The van der Waals surface area contributed by atoms with Crippen molar-refractivity contribution in [3.63, 3.8) is 0 Å². The molecule has 3 N–H and O–H groups in total. The van der Waals surface area contributed by atoms with E-state index in [1.807, 2.05) is 14.1 Å². The van der Waals surface area contributed by atoms with Gasteiger partial charge in [0.05, 0.1) is 10.4 Å². The van der Waals surface area contributed by atoms with Gasteiger partial charge < -0.3 is 10.3 Å². The van der Waals surface area contributed by atoms with Crippen LogP contribution in [-0.4, -0.2) is 55.3 Å². The van der Waals surface area contributed by atoms with Crippen LogP contribution >= 0.6 is 0 Å². The van der Waals surface area contributed by atoms with Crippen molar-refractivity contribution in [1.29, 1.82) is 0 Å². The van der Waals surface area contributed by atoms with E-state index in [0.717, 1.165) is 23.5 Å². The molecule has 0 heterocycles. The summed E-state index contributed by atoms with van der Waals surface area (Å²) in [5, 5.41) is 6.54. The summed E-state index contributed by atoms with van der Waals surface area (Å²) in [4.78, 5) is 5.76. The van der Waals surface area contributed by atoms with Crippen LogP contribution in [-0.2, 0) is 0 Å². The Kier molecular flexibility index (Phi) is 6.53. The van der Waals surface area contributed by atoms with E-state index in [9.17, 15) is 0 Å². The maximum absolute atomic E-state index is 3.44. The lowest BCUT2D eigenvalue weighted by molar-refractivity contribution is 0.0781. The van der Waals surface area contributed by atoms with Gasteiger partial charge in [0.1, 0.15) is 5.79 Å². The van der Waals surface area contributed by atoms with Gasteiger partial charge in [-0.1, -0.05) is 6.92 Å². The van der Waals surface area contributed by atoms with Gasteiger partial charge in [0.15, 0.2) is 0 Å². The van der Waals surface area contributed by atoms with Crippen molar-refractivity contribution in [3.05, 3.63) is 0 Å². The number of likely N-dealkylation sites (N-methyl/N-ethyl adjacent to an activating group) is 3. The molecule has 0 aliphatic heterocycles. The minimum atomic E-state index is -0.0724. The molecule has 0 aliphatic carbocycles. The third-order valence-electron chi connectivity index (χ3n) is 2.47. The van der Waals surface area contributed by atoms with Crippen molar-refractivity contribution >= 4 is 10.4 Å². The van der Waals surface area contributed by atoms with Crippen LogP contribution < -0.4 is 15.6 Å². The van der Waals surface area contributed by atoms with Gasteiger partial charge in [0.2, 0.25) is 0 Å². The minimum absolute atomic E-state index is 0.0724. The summed E-state index contributed by atoms with van der Waals surface area (Å²) in [6.45, 7) is 4.20. The zero-order chi connectivity index (χ0) is 10.3. The first-order chi connectivity index (χ1) is 6.16. The Bertz CT molecular complexity index is 127. The van der Waals surface area contributed by atoms with Crippen molar-refractivity contribution in [1.82, 2.24) is 20.5 Å². The normalized spacial score (nSPS) is 16.4. The average molecular weight is 204 g/mol. The summed E-state index contributed by atoms with van der Waals surface area (Å²) in [5.74, 6) is -0.0724. The minimum Gasteiger partial charge on any atom is -0.316 e. The number of nitrogens with one attached hydrogen (secondary N) is 3. The van der Waals surface area contributed by atoms with Crippen LogP contribution in [0.5, 0.6) is 0 Å². The molecule has 13 heavy (non-hydrogen) atoms. The largest absolute Gasteiger partial charge is 0.316 e. The van der Waals surface area contributed by atoms with Crippen LogP contribution in [0.1, 0.15) is 13.3 Å². The summed E-state index contributed by atoms with van der Waals surface area (Å²) >= 11 is 0. The molecule has 1 unspecified atom stereocenters. The van der Waals surface area contributed by atoms with E-state index in [-0.39, 0.29) is 5.79 Å². The summed E-state index contributed by atoms with van der Waals surface area (Å²) in [7, 11) is 7.09. The van der Waals surface area contributed by atoms with E-state index >= 15 is 0 Å². The molecule has 0 bridgehead atoms. The molecule has 4 nitrogen and oxygen atoms in total. The fourth-order valence-corrected chi connectivity index (χ4v) is 2.41. The van der Waals surface area contributed by atoms with Crippen LogP contribution in [0.25, 0.3) is 0 Å². The van der Waals surface area contributed by atoms with Gasteiger partial charge >= 0.3 is 0 Å². The molecule has 0 aromatic heterocycles. The Morgan fingerprint density at radius 1 is 1.38 bits per heavy atom. The van der Waals surface area contributed by atoms with Crippen molar-refractivity contribution in [2.24, 2.45) is 0 Å². The monoisotopic (exact) mass is 204 g/mol. The summed E-state index contributed by atoms with van der Waals surface area (Å²) in [6.07, 6.45) is 1.17. The molecule has 0 amide bonds. The Balaban J connectivity index is 4.33. The maximum atomic E-state index is 3.44. The maximum Gasteiger partial charge on any atom is 0.131 e. The second-order valence-corrected chi connectivity index (χ2v) is 3.81. The zero-order valence-corrected chi connectivity index (χ0v) is 11.6. The molecule has 0 rings (SSSR count). The predicted molar refractivity (Wildman–Crippen MR) is 61.7 cm³/mol. The molecule has 5 heteroatoms. The van der Waals surface area contributed by atoms with Gasteiger partial charge in [-0.05, 0) is 27.6 Å². The van der Waals surface area contributed by atoms with E-state index in [0.29, 0.717) is 0 Å². The van der Waals surface area contributed by atoms with E-state index in [4.69, 9.17) is 0 Å². The molecular formula is C8H24N4Si. The fraction of sp³-hybridized carbons (Fsp3) is 1.00. The van der Waals surface area contributed by atoms with Gasteiger partial charge in [0.25, 0.3) is 0 Å². The number of rotatable bonds is 7. The smallest absolute Gasteiger partial charge is 0.131 e. The van der Waals surface area contributed by atoms with Crippen LogP contribution in [0.15, 0.2) is 0 Å². The lowest BCUT2D eigenvalue weighted by Gasteiger charge is -2.41. The Hall–Kier alpha value is 0.0569. The second kappa shape index (κ2) is 6.50. The molecule has 1 atom stereocenters.